The molecule has 4 aromatic carbocycles. The number of nitrogens with zero attached hydrogens (tertiary/aromatic N) is 3. The smallest absolute Gasteiger partial charge is 0.319 e. The third kappa shape index (κ3) is 15.4. The van der Waals surface area contributed by atoms with Crippen LogP contribution in [-0.4, -0.2) is 163 Å². The molecule has 4 heterocycles. The fourth-order valence-electron chi connectivity index (χ4n) is 10.8. The number of benzene rings is 4. The number of urea groups is 2. The molecule has 412 valence electrons. The molecular formula is C55H72Cl2N8O11. The Kier molecular flexibility index (Phi) is 20.8. The standard InChI is InChI=1S/C29H37ClN4O7.C26H35ClN4O4/c1-39-24-13-21(14-25(40-2)28(24)41-3)31-29(38)32-22-16-34(26(35)15-27(36)37)17-23(22)33-10-8-19(9-11-33)12-18-4-6-20(30)7-5-18;1-33-23-13-20(14-24(34-2)25(23)35-3)29-26(32)30-21-15-28-16-22(21)31-10-8-18(9-11-31)12-17-4-6-19(27)7-5-17/h4-7,13-14,19,22-23H,8-12,15-17H2,1-3H3,(H,36,37)(H2,31,32,38);4-7,13-14,18,21-22,28H,8-12,15-16H2,1-3H3,(H2,29,30,32)/t22-,23-;21-,22-/m11/s1. The van der Waals surface area contributed by atoms with Gasteiger partial charge < -0.3 is 65.0 Å². The number of ether oxygens (including phenoxy) is 6. The largest absolute Gasteiger partial charge is 0.493 e. The lowest BCUT2D eigenvalue weighted by molar-refractivity contribution is -0.143. The van der Waals surface area contributed by atoms with Crippen molar-refractivity contribution >= 4 is 58.5 Å². The molecule has 4 fully saturated rings. The molecule has 76 heavy (non-hydrogen) atoms. The van der Waals surface area contributed by atoms with Crippen LogP contribution in [0.2, 0.25) is 10.0 Å². The molecule has 0 unspecified atom stereocenters. The molecule has 4 aliphatic heterocycles. The predicted octanol–water partition coefficient (Wildman–Crippen LogP) is 7.28. The minimum Gasteiger partial charge on any atom is -0.493 e. The van der Waals surface area contributed by atoms with E-state index in [2.05, 4.69) is 60.6 Å². The van der Waals surface area contributed by atoms with Crippen LogP contribution >= 0.6 is 23.2 Å². The summed E-state index contributed by atoms with van der Waals surface area (Å²) in [4.78, 5) is 56.1. The number of carbonyl (C=O) groups excluding carboxylic acids is 3. The van der Waals surface area contributed by atoms with Crippen molar-refractivity contribution in [2.75, 3.05) is 106 Å². The van der Waals surface area contributed by atoms with Crippen LogP contribution in [0, 0.1) is 11.8 Å². The summed E-state index contributed by atoms with van der Waals surface area (Å²) in [5.41, 5.74) is 3.61. The van der Waals surface area contributed by atoms with E-state index in [0.29, 0.717) is 64.3 Å². The molecule has 5 amide bonds. The molecule has 0 spiro atoms. The van der Waals surface area contributed by atoms with Gasteiger partial charge in [-0.3, -0.25) is 19.4 Å². The molecule has 21 heteroatoms. The summed E-state index contributed by atoms with van der Waals surface area (Å²) in [5.74, 6) is 2.23. The monoisotopic (exact) mass is 1090 g/mol. The maximum atomic E-state index is 13.1. The molecule has 4 saturated heterocycles. The highest BCUT2D eigenvalue weighted by atomic mass is 35.5. The van der Waals surface area contributed by atoms with Crippen LogP contribution in [0.25, 0.3) is 0 Å². The Bertz CT molecular complexity index is 2530. The van der Waals surface area contributed by atoms with E-state index >= 15 is 0 Å². The normalized spacial score (nSPS) is 20.1. The number of anilines is 2. The first-order chi connectivity index (χ1) is 36.7. The topological polar surface area (TPSA) is 214 Å². The van der Waals surface area contributed by atoms with Gasteiger partial charge in [-0.2, -0.15) is 0 Å². The van der Waals surface area contributed by atoms with Gasteiger partial charge in [-0.05, 0) is 112 Å². The summed E-state index contributed by atoms with van der Waals surface area (Å²) in [6.45, 7) is 5.91. The van der Waals surface area contributed by atoms with E-state index in [0.717, 1.165) is 87.8 Å². The Labute approximate surface area is 455 Å². The molecule has 4 atom stereocenters. The van der Waals surface area contributed by atoms with Gasteiger partial charge in [0, 0.05) is 72.6 Å². The van der Waals surface area contributed by atoms with Crippen LogP contribution in [0.15, 0.2) is 72.8 Å². The van der Waals surface area contributed by atoms with Crippen molar-refractivity contribution < 1.29 is 52.7 Å². The van der Waals surface area contributed by atoms with Crippen LogP contribution in [0.4, 0.5) is 21.0 Å². The minimum absolute atomic E-state index is 0.0323. The van der Waals surface area contributed by atoms with Gasteiger partial charge in [-0.25, -0.2) is 9.59 Å². The van der Waals surface area contributed by atoms with Gasteiger partial charge in [0.05, 0.1) is 66.1 Å². The highest BCUT2D eigenvalue weighted by Crippen LogP contribution is 2.41. The zero-order chi connectivity index (χ0) is 54.3. The Morgan fingerprint density at radius 1 is 0.566 bits per heavy atom. The van der Waals surface area contributed by atoms with E-state index in [1.165, 1.54) is 37.4 Å². The summed E-state index contributed by atoms with van der Waals surface area (Å²) < 4.78 is 32.2. The first-order valence-corrected chi connectivity index (χ1v) is 26.4. The van der Waals surface area contributed by atoms with E-state index in [1.54, 1.807) is 45.6 Å². The number of carbonyl (C=O) groups is 4. The number of halogens is 2. The van der Waals surface area contributed by atoms with Crippen LogP contribution in [0.5, 0.6) is 34.5 Å². The minimum atomic E-state index is -1.17. The van der Waals surface area contributed by atoms with Crippen LogP contribution in [-0.2, 0) is 22.4 Å². The van der Waals surface area contributed by atoms with Gasteiger partial charge in [-0.15, -0.1) is 0 Å². The number of hydrogen-bond donors (Lipinski definition) is 6. The number of carboxylic acids is 1. The van der Waals surface area contributed by atoms with Crippen molar-refractivity contribution in [3.8, 4) is 34.5 Å². The number of piperidine rings is 2. The molecule has 0 bridgehead atoms. The van der Waals surface area contributed by atoms with Crippen LogP contribution in [0.3, 0.4) is 0 Å². The molecule has 19 nitrogen and oxygen atoms in total. The van der Waals surface area contributed by atoms with E-state index in [4.69, 9.17) is 56.7 Å². The van der Waals surface area contributed by atoms with E-state index in [-0.39, 0.29) is 36.7 Å². The predicted molar refractivity (Wildman–Crippen MR) is 292 cm³/mol. The second kappa shape index (κ2) is 27.6. The molecule has 0 aliphatic carbocycles. The average Bonchev–Trinajstić information content (AvgIpc) is 4.07. The summed E-state index contributed by atoms with van der Waals surface area (Å²) >= 11 is 12.0. The lowest BCUT2D eigenvalue weighted by atomic mass is 9.89. The molecule has 4 aliphatic rings. The number of amides is 5. The number of aliphatic carboxylic acids is 1. The number of likely N-dealkylation sites (tertiary alicyclic amines) is 3. The van der Waals surface area contributed by atoms with Gasteiger partial charge in [-0.1, -0.05) is 47.5 Å². The Hall–Kier alpha value is -6.38. The molecule has 0 radical (unpaired) electrons. The zero-order valence-corrected chi connectivity index (χ0v) is 45.6. The van der Waals surface area contributed by atoms with Gasteiger partial charge in [0.1, 0.15) is 6.42 Å². The zero-order valence-electron chi connectivity index (χ0n) is 44.1. The number of rotatable bonds is 18. The molecule has 0 saturated carbocycles. The Morgan fingerprint density at radius 3 is 1.37 bits per heavy atom. The third-order valence-corrected chi connectivity index (χ3v) is 15.2. The second-order valence-corrected chi connectivity index (χ2v) is 20.4. The highest BCUT2D eigenvalue weighted by molar-refractivity contribution is 6.30. The first kappa shape index (κ1) is 57.3. The summed E-state index contributed by atoms with van der Waals surface area (Å²) in [6.07, 6.45) is 5.75. The van der Waals surface area contributed by atoms with Gasteiger partial charge >= 0.3 is 18.0 Å². The van der Waals surface area contributed by atoms with E-state index in [1.807, 2.05) is 24.3 Å². The van der Waals surface area contributed by atoms with E-state index in [9.17, 15) is 19.2 Å². The quantitative estimate of drug-likeness (QED) is 0.0541. The van der Waals surface area contributed by atoms with Gasteiger partial charge in [0.2, 0.25) is 17.4 Å². The van der Waals surface area contributed by atoms with Crippen molar-refractivity contribution in [3.05, 3.63) is 94.0 Å². The second-order valence-electron chi connectivity index (χ2n) is 19.5. The van der Waals surface area contributed by atoms with Gasteiger partial charge in [0.15, 0.2) is 23.0 Å². The average molecular weight is 1090 g/mol. The summed E-state index contributed by atoms with van der Waals surface area (Å²) in [7, 11) is 9.13. The lowest BCUT2D eigenvalue weighted by Crippen LogP contribution is -2.54. The van der Waals surface area contributed by atoms with Crippen molar-refractivity contribution in [2.45, 2.75) is 69.1 Å². The first-order valence-electron chi connectivity index (χ1n) is 25.6. The van der Waals surface area contributed by atoms with Crippen molar-refractivity contribution in [1.29, 1.82) is 0 Å². The maximum absolute atomic E-state index is 13.1. The number of nitrogens with one attached hydrogen (secondary N) is 5. The Morgan fingerprint density at radius 2 is 0.974 bits per heavy atom. The summed E-state index contributed by atoms with van der Waals surface area (Å²) in [5, 5.41) is 26.0. The fourth-order valence-corrected chi connectivity index (χ4v) is 11.1. The number of methoxy groups -OCH3 is 6. The van der Waals surface area contributed by atoms with Crippen molar-refractivity contribution in [3.63, 3.8) is 0 Å². The number of hydrogen-bond acceptors (Lipinski definition) is 13. The molecule has 4 aromatic rings. The summed E-state index contributed by atoms with van der Waals surface area (Å²) in [6, 6.07) is 21.9. The fraction of sp³-hybridized carbons (Fsp3) is 0.491. The SMILES string of the molecule is COc1cc(NC(=O)N[C@@H]2CN(C(=O)CC(=O)O)C[C@H]2N2CCC(Cc3ccc(Cl)cc3)CC2)cc(OC)c1OC.COc1cc(NC(=O)N[C@@H]2CNC[C@H]2N2CCC(Cc3ccc(Cl)cc3)CC2)cc(OC)c1OC. The highest BCUT2D eigenvalue weighted by Gasteiger charge is 2.41. The van der Waals surface area contributed by atoms with E-state index < -0.39 is 24.3 Å². The third-order valence-electron chi connectivity index (χ3n) is 14.7. The van der Waals surface area contributed by atoms with Crippen LogP contribution in [0.1, 0.15) is 43.2 Å². The molecule has 8 rings (SSSR count). The van der Waals surface area contributed by atoms with Crippen molar-refractivity contribution in [1.82, 2.24) is 30.7 Å². The van der Waals surface area contributed by atoms with Crippen LogP contribution < -0.4 is 55.0 Å². The molecule has 0 aromatic heterocycles. The lowest BCUT2D eigenvalue weighted by Gasteiger charge is -2.38. The Balaban J connectivity index is 0.000000224. The molecular weight excluding hydrogens is 1020 g/mol. The maximum Gasteiger partial charge on any atom is 0.319 e. The van der Waals surface area contributed by atoms with Crippen molar-refractivity contribution in [2.24, 2.45) is 11.8 Å². The molecule has 6 N–H and O–H groups in total. The van der Waals surface area contributed by atoms with Gasteiger partial charge in [0.25, 0.3) is 0 Å². The number of carboxylic acid groups (broad SMARTS) is 1.